The molecular weight excluding hydrogens is 378 g/mol. The molecule has 2 aromatic heterocycles. The van der Waals surface area contributed by atoms with E-state index in [9.17, 15) is 8.42 Å². The van der Waals surface area contributed by atoms with Crippen LogP contribution in [-0.2, 0) is 16.6 Å². The van der Waals surface area contributed by atoms with Gasteiger partial charge in [0.05, 0.1) is 6.54 Å². The largest absolute Gasteiger partial charge is 0.451 e. The fourth-order valence-corrected chi connectivity index (χ4v) is 4.53. The van der Waals surface area contributed by atoms with Gasteiger partial charge in [0.2, 0.25) is 0 Å². The smallest absolute Gasteiger partial charge is 0.268 e. The number of hydrogen-bond donors (Lipinski definition) is 2. The van der Waals surface area contributed by atoms with E-state index in [1.165, 1.54) is 17.4 Å². The van der Waals surface area contributed by atoms with Crippen molar-refractivity contribution in [2.75, 3.05) is 11.3 Å². The zero-order valence-electron chi connectivity index (χ0n) is 11.6. The molecule has 0 aliphatic heterocycles. The van der Waals surface area contributed by atoms with Crippen LogP contribution in [0.5, 0.6) is 0 Å². The molecule has 0 saturated carbocycles. The van der Waals surface area contributed by atoms with Gasteiger partial charge in [0, 0.05) is 17.1 Å². The number of nitrogens with one attached hydrogen (secondary N) is 2. The van der Waals surface area contributed by atoms with Crippen LogP contribution in [0.1, 0.15) is 24.0 Å². The number of thiazole rings is 1. The second kappa shape index (κ2) is 6.91. The van der Waals surface area contributed by atoms with Crippen molar-refractivity contribution < 1.29 is 12.8 Å². The molecule has 0 aliphatic rings. The molecule has 9 heteroatoms. The van der Waals surface area contributed by atoms with Crippen LogP contribution >= 0.6 is 27.3 Å². The topological polar surface area (TPSA) is 84.2 Å². The predicted octanol–water partition coefficient (Wildman–Crippen LogP) is 3.11. The van der Waals surface area contributed by atoms with Gasteiger partial charge >= 0.3 is 0 Å². The molecule has 2 rings (SSSR count). The Hall–Kier alpha value is -0.900. The maximum atomic E-state index is 12.3. The second-order valence-electron chi connectivity index (χ2n) is 4.41. The van der Waals surface area contributed by atoms with Crippen molar-refractivity contribution in [2.24, 2.45) is 0 Å². The van der Waals surface area contributed by atoms with E-state index >= 15 is 0 Å². The first-order chi connectivity index (χ1) is 9.92. The highest BCUT2D eigenvalue weighted by Crippen LogP contribution is 2.29. The minimum atomic E-state index is -3.71. The Kier molecular flexibility index (Phi) is 5.42. The van der Waals surface area contributed by atoms with E-state index in [-0.39, 0.29) is 9.56 Å². The lowest BCUT2D eigenvalue weighted by molar-refractivity contribution is 0.461. The third kappa shape index (κ3) is 4.29. The van der Waals surface area contributed by atoms with Crippen molar-refractivity contribution in [1.82, 2.24) is 10.3 Å². The monoisotopic (exact) mass is 393 g/mol. The van der Waals surface area contributed by atoms with Crippen LogP contribution in [0, 0.1) is 6.92 Å². The summed E-state index contributed by atoms with van der Waals surface area (Å²) >= 11 is 4.43. The number of furan rings is 1. The molecule has 0 atom stereocenters. The SMILES string of the molecule is CCCNCc1cc(S(=O)(=O)Nc2ncc(C)s2)c(Br)o1. The van der Waals surface area contributed by atoms with Gasteiger partial charge in [-0.1, -0.05) is 6.92 Å². The Bertz CT molecular complexity index is 709. The first-order valence-electron chi connectivity index (χ1n) is 6.36. The fourth-order valence-electron chi connectivity index (χ4n) is 1.63. The van der Waals surface area contributed by atoms with E-state index < -0.39 is 10.0 Å². The number of sulfonamides is 1. The predicted molar refractivity (Wildman–Crippen MR) is 86.1 cm³/mol. The van der Waals surface area contributed by atoms with Crippen molar-refractivity contribution >= 4 is 42.4 Å². The molecule has 6 nitrogen and oxygen atoms in total. The number of aromatic nitrogens is 1. The van der Waals surface area contributed by atoms with Crippen LogP contribution in [0.2, 0.25) is 0 Å². The Morgan fingerprint density at radius 2 is 2.24 bits per heavy atom. The first kappa shape index (κ1) is 16.5. The second-order valence-corrected chi connectivity index (χ2v) is 8.01. The van der Waals surface area contributed by atoms with Gasteiger partial charge in [0.1, 0.15) is 10.7 Å². The molecule has 2 aromatic rings. The summed E-state index contributed by atoms with van der Waals surface area (Å²) < 4.78 is 32.7. The van der Waals surface area contributed by atoms with Crippen molar-refractivity contribution in [1.29, 1.82) is 0 Å². The van der Waals surface area contributed by atoms with E-state index in [1.54, 1.807) is 6.20 Å². The lowest BCUT2D eigenvalue weighted by Crippen LogP contribution is -2.14. The number of rotatable bonds is 7. The lowest BCUT2D eigenvalue weighted by Gasteiger charge is -2.02. The van der Waals surface area contributed by atoms with Gasteiger partial charge in [-0.15, -0.1) is 11.3 Å². The highest BCUT2D eigenvalue weighted by molar-refractivity contribution is 9.10. The summed E-state index contributed by atoms with van der Waals surface area (Å²) in [6, 6.07) is 1.51. The van der Waals surface area contributed by atoms with Crippen molar-refractivity contribution in [3.05, 3.63) is 27.6 Å². The summed E-state index contributed by atoms with van der Waals surface area (Å²) in [5.74, 6) is 0.561. The zero-order valence-corrected chi connectivity index (χ0v) is 14.9. The average Bonchev–Trinajstić information content (AvgIpc) is 2.96. The summed E-state index contributed by atoms with van der Waals surface area (Å²) in [7, 11) is -3.71. The molecule has 21 heavy (non-hydrogen) atoms. The normalized spacial score (nSPS) is 11.8. The molecule has 116 valence electrons. The van der Waals surface area contributed by atoms with E-state index in [4.69, 9.17) is 4.42 Å². The van der Waals surface area contributed by atoms with Crippen LogP contribution in [0.3, 0.4) is 0 Å². The van der Waals surface area contributed by atoms with Gasteiger partial charge in [0.15, 0.2) is 9.80 Å². The third-order valence-electron chi connectivity index (χ3n) is 2.56. The molecule has 2 heterocycles. The average molecular weight is 394 g/mol. The molecule has 0 aromatic carbocycles. The number of aryl methyl sites for hydroxylation is 1. The fraction of sp³-hybridized carbons (Fsp3) is 0.417. The molecular formula is C12H16BrN3O3S2. The van der Waals surface area contributed by atoms with Gasteiger partial charge in [-0.25, -0.2) is 13.4 Å². The molecule has 0 spiro atoms. The molecule has 0 amide bonds. The standard InChI is InChI=1S/C12H16BrN3O3S2/c1-3-4-14-7-9-5-10(11(13)19-9)21(17,18)16-12-15-6-8(2)20-12/h5-6,14H,3-4,7H2,1-2H3,(H,15,16). The van der Waals surface area contributed by atoms with Crippen LogP contribution in [0.15, 0.2) is 26.2 Å². The first-order valence-corrected chi connectivity index (χ1v) is 9.46. The van der Waals surface area contributed by atoms with Gasteiger partial charge in [0.25, 0.3) is 10.0 Å². The molecule has 0 aliphatic carbocycles. The summed E-state index contributed by atoms with van der Waals surface area (Å²) in [6.45, 7) is 5.25. The van der Waals surface area contributed by atoms with Crippen molar-refractivity contribution in [3.8, 4) is 0 Å². The molecule has 0 unspecified atom stereocenters. The van der Waals surface area contributed by atoms with Gasteiger partial charge in [-0.2, -0.15) is 0 Å². The van der Waals surface area contributed by atoms with Crippen molar-refractivity contribution in [2.45, 2.75) is 31.7 Å². The van der Waals surface area contributed by atoms with Crippen LogP contribution < -0.4 is 10.0 Å². The maximum absolute atomic E-state index is 12.3. The summed E-state index contributed by atoms with van der Waals surface area (Å²) in [5.41, 5.74) is 0. The summed E-state index contributed by atoms with van der Waals surface area (Å²) in [4.78, 5) is 5.00. The molecule has 0 radical (unpaired) electrons. The van der Waals surface area contributed by atoms with Crippen LogP contribution in [0.4, 0.5) is 5.13 Å². The van der Waals surface area contributed by atoms with E-state index in [1.807, 2.05) is 6.92 Å². The third-order valence-corrected chi connectivity index (χ3v) is 5.72. The molecule has 0 fully saturated rings. The number of halogens is 1. The summed E-state index contributed by atoms with van der Waals surface area (Å²) in [6.07, 6.45) is 2.62. The highest BCUT2D eigenvalue weighted by atomic mass is 79.9. The molecule has 0 saturated heterocycles. The zero-order chi connectivity index (χ0) is 15.5. The minimum absolute atomic E-state index is 0.0728. The number of anilines is 1. The number of nitrogens with zero attached hydrogens (tertiary/aromatic N) is 1. The summed E-state index contributed by atoms with van der Waals surface area (Å²) in [5, 5.41) is 3.50. The van der Waals surface area contributed by atoms with Gasteiger partial charge in [-0.05, 0) is 35.8 Å². The van der Waals surface area contributed by atoms with E-state index in [0.29, 0.717) is 17.4 Å². The van der Waals surface area contributed by atoms with Crippen molar-refractivity contribution in [3.63, 3.8) is 0 Å². The van der Waals surface area contributed by atoms with Gasteiger partial charge < -0.3 is 9.73 Å². The molecule has 0 bridgehead atoms. The molecule has 2 N–H and O–H groups in total. The van der Waals surface area contributed by atoms with Crippen LogP contribution in [-0.4, -0.2) is 19.9 Å². The maximum Gasteiger partial charge on any atom is 0.268 e. The lowest BCUT2D eigenvalue weighted by atomic mass is 10.4. The number of hydrogen-bond acceptors (Lipinski definition) is 6. The Morgan fingerprint density at radius 3 is 2.86 bits per heavy atom. The van der Waals surface area contributed by atoms with E-state index in [2.05, 4.69) is 37.9 Å². The van der Waals surface area contributed by atoms with E-state index in [0.717, 1.165) is 17.8 Å². The quantitative estimate of drug-likeness (QED) is 0.705. The van der Waals surface area contributed by atoms with Gasteiger partial charge in [-0.3, -0.25) is 4.72 Å². The Labute approximate surface area is 136 Å². The van der Waals surface area contributed by atoms with Crippen LogP contribution in [0.25, 0.3) is 0 Å². The minimum Gasteiger partial charge on any atom is -0.451 e. The Morgan fingerprint density at radius 1 is 1.48 bits per heavy atom. The highest BCUT2D eigenvalue weighted by Gasteiger charge is 2.23. The Balaban J connectivity index is 2.16.